The fraction of sp³-hybridized carbons (Fsp3) is 0.0556. The molecule has 0 bridgehead atoms. The summed E-state index contributed by atoms with van der Waals surface area (Å²) in [6.45, 7) is 0. The average Bonchev–Trinajstić information content (AvgIpc) is 3.03. The lowest BCUT2D eigenvalue weighted by Gasteiger charge is -2.04. The third kappa shape index (κ3) is 3.13. The number of rotatable bonds is 3. The fourth-order valence-corrected chi connectivity index (χ4v) is 3.66. The number of hydrogen-bond acceptors (Lipinski definition) is 5. The van der Waals surface area contributed by atoms with Gasteiger partial charge in [-0.2, -0.15) is 5.10 Å². The van der Waals surface area contributed by atoms with Crippen molar-refractivity contribution in [3.05, 3.63) is 70.0 Å². The molecule has 0 radical (unpaired) electrons. The van der Waals surface area contributed by atoms with Gasteiger partial charge in [-0.3, -0.25) is 4.79 Å². The second kappa shape index (κ2) is 6.33. The van der Waals surface area contributed by atoms with E-state index in [1.807, 2.05) is 6.07 Å². The van der Waals surface area contributed by atoms with E-state index in [1.165, 1.54) is 4.68 Å². The number of hydrogen-bond donors (Lipinski definition) is 1. The maximum atomic E-state index is 12.7. The number of sulfone groups is 1. The molecule has 0 spiro atoms. The first-order chi connectivity index (χ1) is 12.8. The normalized spacial score (nSPS) is 11.8. The molecule has 0 aliphatic rings. The van der Waals surface area contributed by atoms with E-state index < -0.39 is 15.4 Å². The zero-order chi connectivity index (χ0) is 19.2. The van der Waals surface area contributed by atoms with Gasteiger partial charge in [0.05, 0.1) is 5.69 Å². The first-order valence-corrected chi connectivity index (χ1v) is 10.2. The Labute approximate surface area is 159 Å². The average molecular weight is 401 g/mol. The van der Waals surface area contributed by atoms with E-state index in [0.717, 1.165) is 6.26 Å². The van der Waals surface area contributed by atoms with Crippen LogP contribution in [0.1, 0.15) is 0 Å². The highest BCUT2D eigenvalue weighted by molar-refractivity contribution is 7.90. The van der Waals surface area contributed by atoms with E-state index in [2.05, 4.69) is 15.1 Å². The molecule has 2 aromatic carbocycles. The molecule has 0 unspecified atom stereocenters. The summed E-state index contributed by atoms with van der Waals surface area (Å²) >= 11 is 5.91. The van der Waals surface area contributed by atoms with Crippen LogP contribution in [0.3, 0.4) is 0 Å². The van der Waals surface area contributed by atoms with Gasteiger partial charge in [-0.1, -0.05) is 29.8 Å². The van der Waals surface area contributed by atoms with Gasteiger partial charge in [-0.05, 0) is 36.4 Å². The SMILES string of the molecule is CS(=O)(=O)c1nn(-c2ccccc2)c2nc(-c3ccc(Cl)cc3)[nH]c(=O)c12. The number of para-hydroxylation sites is 1. The quantitative estimate of drug-likeness (QED) is 0.570. The molecule has 9 heteroatoms. The highest BCUT2D eigenvalue weighted by atomic mass is 35.5. The number of halogens is 1. The van der Waals surface area contributed by atoms with Crippen molar-refractivity contribution in [2.75, 3.05) is 6.26 Å². The van der Waals surface area contributed by atoms with Crippen LogP contribution in [-0.2, 0) is 9.84 Å². The highest BCUT2D eigenvalue weighted by Gasteiger charge is 2.24. The van der Waals surface area contributed by atoms with Crippen molar-refractivity contribution in [2.45, 2.75) is 5.03 Å². The van der Waals surface area contributed by atoms with Crippen molar-refractivity contribution in [1.82, 2.24) is 19.7 Å². The van der Waals surface area contributed by atoms with Crippen molar-refractivity contribution in [3.8, 4) is 17.1 Å². The van der Waals surface area contributed by atoms with E-state index in [4.69, 9.17) is 11.6 Å². The molecule has 136 valence electrons. The zero-order valence-electron chi connectivity index (χ0n) is 14.0. The summed E-state index contributed by atoms with van der Waals surface area (Å²) in [6, 6.07) is 15.7. The Morgan fingerprint density at radius 3 is 2.33 bits per heavy atom. The molecule has 0 aliphatic carbocycles. The first-order valence-electron chi connectivity index (χ1n) is 7.89. The Bertz CT molecular complexity index is 1310. The van der Waals surface area contributed by atoms with Crippen LogP contribution >= 0.6 is 11.6 Å². The van der Waals surface area contributed by atoms with Gasteiger partial charge in [-0.15, -0.1) is 0 Å². The molecule has 2 heterocycles. The van der Waals surface area contributed by atoms with Gasteiger partial charge < -0.3 is 4.98 Å². The molecule has 0 saturated carbocycles. The molecule has 4 rings (SSSR count). The summed E-state index contributed by atoms with van der Waals surface area (Å²) in [4.78, 5) is 19.8. The van der Waals surface area contributed by atoms with Gasteiger partial charge in [0.1, 0.15) is 11.2 Å². The number of H-pyrrole nitrogens is 1. The second-order valence-corrected chi connectivity index (χ2v) is 8.31. The van der Waals surface area contributed by atoms with Crippen LogP contribution in [0.2, 0.25) is 5.02 Å². The third-order valence-electron chi connectivity index (χ3n) is 3.98. The van der Waals surface area contributed by atoms with Crippen LogP contribution in [0, 0.1) is 0 Å². The molecule has 2 aromatic heterocycles. The smallest absolute Gasteiger partial charge is 0.263 e. The molecule has 0 saturated heterocycles. The lowest BCUT2D eigenvalue weighted by atomic mass is 10.2. The molecular weight excluding hydrogens is 388 g/mol. The number of aromatic nitrogens is 4. The maximum absolute atomic E-state index is 12.7. The van der Waals surface area contributed by atoms with E-state index in [1.54, 1.807) is 48.5 Å². The van der Waals surface area contributed by atoms with Crippen LogP contribution in [0.15, 0.2) is 64.4 Å². The summed E-state index contributed by atoms with van der Waals surface area (Å²) in [5.74, 6) is 0.293. The Hall–Kier alpha value is -2.97. The predicted molar refractivity (Wildman–Crippen MR) is 103 cm³/mol. The fourth-order valence-electron chi connectivity index (χ4n) is 2.75. The summed E-state index contributed by atoms with van der Waals surface area (Å²) in [6.07, 6.45) is 1.01. The summed E-state index contributed by atoms with van der Waals surface area (Å²) in [5.41, 5.74) is 0.820. The topological polar surface area (TPSA) is 97.7 Å². The molecule has 0 fully saturated rings. The Balaban J connectivity index is 2.08. The highest BCUT2D eigenvalue weighted by Crippen LogP contribution is 2.24. The van der Waals surface area contributed by atoms with Crippen molar-refractivity contribution < 1.29 is 8.42 Å². The van der Waals surface area contributed by atoms with Crippen LogP contribution in [0.4, 0.5) is 0 Å². The van der Waals surface area contributed by atoms with E-state index in [9.17, 15) is 13.2 Å². The van der Waals surface area contributed by atoms with Crippen molar-refractivity contribution >= 4 is 32.5 Å². The maximum Gasteiger partial charge on any atom is 0.263 e. The van der Waals surface area contributed by atoms with Gasteiger partial charge in [0.15, 0.2) is 20.5 Å². The molecule has 0 aliphatic heterocycles. The predicted octanol–water partition coefficient (Wildman–Crippen LogP) is 2.83. The zero-order valence-corrected chi connectivity index (χ0v) is 15.6. The molecule has 7 nitrogen and oxygen atoms in total. The van der Waals surface area contributed by atoms with Crippen LogP contribution in [-0.4, -0.2) is 34.4 Å². The van der Waals surface area contributed by atoms with Gasteiger partial charge in [0.25, 0.3) is 5.56 Å². The number of aromatic amines is 1. The lowest BCUT2D eigenvalue weighted by molar-refractivity contribution is 0.597. The molecule has 0 amide bonds. The van der Waals surface area contributed by atoms with E-state index >= 15 is 0 Å². The Morgan fingerprint density at radius 1 is 1.04 bits per heavy atom. The first kappa shape index (κ1) is 17.4. The Morgan fingerprint density at radius 2 is 1.70 bits per heavy atom. The Kier molecular flexibility index (Phi) is 4.09. The van der Waals surface area contributed by atoms with Crippen LogP contribution in [0.5, 0.6) is 0 Å². The van der Waals surface area contributed by atoms with Crippen molar-refractivity contribution in [2.24, 2.45) is 0 Å². The number of fused-ring (bicyclic) bond motifs is 1. The van der Waals surface area contributed by atoms with Gasteiger partial charge in [0, 0.05) is 16.8 Å². The minimum Gasteiger partial charge on any atom is -0.306 e. The molecule has 27 heavy (non-hydrogen) atoms. The molecule has 4 aromatic rings. The van der Waals surface area contributed by atoms with Gasteiger partial charge in [0.2, 0.25) is 0 Å². The third-order valence-corrected chi connectivity index (χ3v) is 5.22. The van der Waals surface area contributed by atoms with E-state index in [0.29, 0.717) is 22.1 Å². The van der Waals surface area contributed by atoms with Crippen LogP contribution in [0.25, 0.3) is 28.1 Å². The summed E-state index contributed by atoms with van der Waals surface area (Å²) in [5, 5.41) is 4.34. The minimum absolute atomic E-state index is 0.0703. The lowest BCUT2D eigenvalue weighted by Crippen LogP contribution is -2.12. The summed E-state index contributed by atoms with van der Waals surface area (Å²) < 4.78 is 25.7. The second-order valence-electron chi connectivity index (χ2n) is 5.94. The molecule has 1 N–H and O–H groups in total. The minimum atomic E-state index is -3.73. The standard InChI is InChI=1S/C18H13ClN4O3S/c1-27(25,26)18-14-16(23(22-18)13-5-3-2-4-6-13)20-15(21-17(14)24)11-7-9-12(19)10-8-11/h2-10H,1H3,(H,20,21,24). The van der Waals surface area contributed by atoms with Crippen molar-refractivity contribution in [1.29, 1.82) is 0 Å². The number of benzene rings is 2. The largest absolute Gasteiger partial charge is 0.306 e. The van der Waals surface area contributed by atoms with E-state index in [-0.39, 0.29) is 16.1 Å². The van der Waals surface area contributed by atoms with Gasteiger partial charge in [-0.25, -0.2) is 18.1 Å². The monoisotopic (exact) mass is 400 g/mol. The number of nitrogens with one attached hydrogen (secondary N) is 1. The van der Waals surface area contributed by atoms with Gasteiger partial charge >= 0.3 is 0 Å². The number of nitrogens with zero attached hydrogens (tertiary/aromatic N) is 3. The van der Waals surface area contributed by atoms with Crippen LogP contribution < -0.4 is 5.56 Å². The summed E-state index contributed by atoms with van der Waals surface area (Å²) in [7, 11) is -3.73. The van der Waals surface area contributed by atoms with Crippen molar-refractivity contribution in [3.63, 3.8) is 0 Å². The molecular formula is C18H13ClN4O3S. The molecule has 0 atom stereocenters.